The Bertz CT molecular complexity index is 482. The molecule has 0 aliphatic carbocycles. The highest BCUT2D eigenvalue weighted by molar-refractivity contribution is 5.82. The van der Waals surface area contributed by atoms with Crippen LogP contribution in [0.25, 0.3) is 10.4 Å². The van der Waals surface area contributed by atoms with Gasteiger partial charge < -0.3 is 9.84 Å². The molecule has 1 atom stereocenters. The lowest BCUT2D eigenvalue weighted by Crippen LogP contribution is -2.48. The molecule has 7 nitrogen and oxygen atoms in total. The molecule has 0 heterocycles. The minimum atomic E-state index is -1.06. The van der Waals surface area contributed by atoms with Crippen LogP contribution < -0.4 is 5.32 Å². The van der Waals surface area contributed by atoms with E-state index in [2.05, 4.69) is 15.3 Å². The van der Waals surface area contributed by atoms with Gasteiger partial charge in [-0.15, -0.1) is 0 Å². The van der Waals surface area contributed by atoms with Gasteiger partial charge in [-0.2, -0.15) is 0 Å². The molecule has 1 rings (SSSR count). The number of phenols is 1. The number of hydrogen-bond donors (Lipinski definition) is 2. The Morgan fingerprint density at radius 2 is 2.16 bits per heavy atom. The second kappa shape index (κ2) is 6.63. The second-order valence-corrected chi connectivity index (χ2v) is 4.04. The number of benzene rings is 1. The van der Waals surface area contributed by atoms with E-state index in [-0.39, 0.29) is 12.3 Å². The Labute approximate surface area is 110 Å². The van der Waals surface area contributed by atoms with Crippen molar-refractivity contribution in [2.75, 3.05) is 20.2 Å². The average molecular weight is 264 g/mol. The van der Waals surface area contributed by atoms with Crippen LogP contribution >= 0.6 is 0 Å². The number of carbonyl (C=O) groups excluding carboxylic acids is 1. The highest BCUT2D eigenvalue weighted by Gasteiger charge is 2.35. The van der Waals surface area contributed by atoms with Gasteiger partial charge in [0, 0.05) is 18.0 Å². The van der Waals surface area contributed by atoms with Gasteiger partial charge in [0.1, 0.15) is 11.3 Å². The van der Waals surface area contributed by atoms with E-state index in [1.807, 2.05) is 0 Å². The van der Waals surface area contributed by atoms with Gasteiger partial charge in [0.15, 0.2) is 0 Å². The summed E-state index contributed by atoms with van der Waals surface area (Å²) in [6.07, 6.45) is 0. The minimum Gasteiger partial charge on any atom is -0.508 e. The molecule has 2 N–H and O–H groups in total. The van der Waals surface area contributed by atoms with Gasteiger partial charge in [-0.1, -0.05) is 17.2 Å². The minimum absolute atomic E-state index is 0.116. The fourth-order valence-corrected chi connectivity index (χ4v) is 1.69. The number of aromatic hydroxyl groups is 1. The maximum Gasteiger partial charge on any atom is 0.330 e. The average Bonchev–Trinajstić information content (AvgIpc) is 2.43. The summed E-state index contributed by atoms with van der Waals surface area (Å²) in [6.45, 7) is 2.22. The van der Waals surface area contributed by atoms with Crippen LogP contribution in [0.15, 0.2) is 29.4 Å². The van der Waals surface area contributed by atoms with E-state index in [0.717, 1.165) is 0 Å². The van der Waals surface area contributed by atoms with Crippen molar-refractivity contribution in [2.24, 2.45) is 5.11 Å². The quantitative estimate of drug-likeness (QED) is 0.268. The molecule has 0 aromatic heterocycles. The first kappa shape index (κ1) is 14.8. The monoisotopic (exact) mass is 264 g/mol. The first-order valence-electron chi connectivity index (χ1n) is 5.68. The number of hydrogen-bond acceptors (Lipinski definition) is 5. The van der Waals surface area contributed by atoms with Crippen LogP contribution in [0.5, 0.6) is 5.75 Å². The Hall–Kier alpha value is -2.24. The zero-order chi connectivity index (χ0) is 14.3. The van der Waals surface area contributed by atoms with Crippen LogP contribution in [0.3, 0.4) is 0 Å². The van der Waals surface area contributed by atoms with Gasteiger partial charge in [-0.25, -0.2) is 4.79 Å². The Kier molecular flexibility index (Phi) is 5.17. The van der Waals surface area contributed by atoms with Crippen molar-refractivity contribution in [1.82, 2.24) is 5.32 Å². The maximum absolute atomic E-state index is 11.9. The van der Waals surface area contributed by atoms with Crippen molar-refractivity contribution in [2.45, 2.75) is 12.5 Å². The number of rotatable bonds is 6. The molecule has 0 fully saturated rings. The lowest BCUT2D eigenvalue weighted by atomic mass is 9.92. The van der Waals surface area contributed by atoms with Crippen LogP contribution in [-0.4, -0.2) is 31.3 Å². The van der Waals surface area contributed by atoms with Crippen molar-refractivity contribution in [3.63, 3.8) is 0 Å². The highest BCUT2D eigenvalue weighted by atomic mass is 16.5. The lowest BCUT2D eigenvalue weighted by molar-refractivity contribution is -0.148. The molecule has 0 saturated carbocycles. The maximum atomic E-state index is 11.9. The molecule has 0 radical (unpaired) electrons. The molecule has 19 heavy (non-hydrogen) atoms. The number of nitrogens with zero attached hydrogens (tertiary/aromatic N) is 3. The number of esters is 1. The molecule has 7 heteroatoms. The number of methoxy groups -OCH3 is 1. The van der Waals surface area contributed by atoms with E-state index in [9.17, 15) is 9.90 Å². The van der Waals surface area contributed by atoms with Crippen molar-refractivity contribution in [1.29, 1.82) is 0 Å². The summed E-state index contributed by atoms with van der Waals surface area (Å²) in [6, 6.07) is 6.25. The van der Waals surface area contributed by atoms with E-state index in [4.69, 9.17) is 10.3 Å². The summed E-state index contributed by atoms with van der Waals surface area (Å²) in [7, 11) is 1.30. The molecule has 1 unspecified atom stereocenters. The molecule has 0 aliphatic heterocycles. The molecule has 1 aromatic rings. The third kappa shape index (κ3) is 3.61. The molecule has 0 spiro atoms. The predicted molar refractivity (Wildman–Crippen MR) is 69.5 cm³/mol. The molecular weight excluding hydrogens is 248 g/mol. The molecule has 0 bridgehead atoms. The number of nitrogens with one attached hydrogen (secondary N) is 1. The van der Waals surface area contributed by atoms with Crippen LogP contribution in [0.1, 0.15) is 12.5 Å². The van der Waals surface area contributed by atoms with E-state index in [0.29, 0.717) is 12.1 Å². The van der Waals surface area contributed by atoms with E-state index in [1.165, 1.54) is 19.2 Å². The number of carbonyl (C=O) groups is 1. The third-order valence-corrected chi connectivity index (χ3v) is 2.79. The molecule has 0 aliphatic rings. The van der Waals surface area contributed by atoms with Gasteiger partial charge in [0.2, 0.25) is 0 Å². The van der Waals surface area contributed by atoms with Crippen molar-refractivity contribution < 1.29 is 14.6 Å². The third-order valence-electron chi connectivity index (χ3n) is 2.79. The highest BCUT2D eigenvalue weighted by Crippen LogP contribution is 2.24. The van der Waals surface area contributed by atoms with Crippen molar-refractivity contribution >= 4 is 5.97 Å². The Balaban J connectivity index is 2.95. The first-order chi connectivity index (χ1) is 9.04. The summed E-state index contributed by atoms with van der Waals surface area (Å²) in [5.41, 5.74) is 7.80. The van der Waals surface area contributed by atoms with Crippen molar-refractivity contribution in [3.8, 4) is 5.75 Å². The van der Waals surface area contributed by atoms with Gasteiger partial charge in [0.05, 0.1) is 7.11 Å². The normalized spacial score (nSPS) is 13.2. The van der Waals surface area contributed by atoms with E-state index >= 15 is 0 Å². The topological polar surface area (TPSA) is 107 Å². The summed E-state index contributed by atoms with van der Waals surface area (Å²) in [4.78, 5) is 14.6. The summed E-state index contributed by atoms with van der Waals surface area (Å²) >= 11 is 0. The molecule has 0 amide bonds. The van der Waals surface area contributed by atoms with Crippen LogP contribution in [0.4, 0.5) is 0 Å². The zero-order valence-corrected chi connectivity index (χ0v) is 10.8. The summed E-state index contributed by atoms with van der Waals surface area (Å²) < 4.78 is 4.79. The van der Waals surface area contributed by atoms with Gasteiger partial charge in [0.25, 0.3) is 0 Å². The zero-order valence-electron chi connectivity index (χ0n) is 10.8. The molecule has 0 saturated heterocycles. The van der Waals surface area contributed by atoms with E-state index in [1.54, 1.807) is 19.1 Å². The van der Waals surface area contributed by atoms with Crippen LogP contribution in [0.2, 0.25) is 0 Å². The largest absolute Gasteiger partial charge is 0.508 e. The van der Waals surface area contributed by atoms with Crippen molar-refractivity contribution in [3.05, 3.63) is 40.3 Å². The number of azide groups is 1. The molecule has 1 aromatic carbocycles. The molecule has 102 valence electrons. The number of phenolic OH excluding ortho intramolecular Hbond substituents is 1. The Morgan fingerprint density at radius 1 is 1.53 bits per heavy atom. The second-order valence-electron chi connectivity index (χ2n) is 4.04. The SMILES string of the molecule is COC(=O)C(C)(NCCN=[N+]=[N-])c1ccc(O)cc1. The smallest absolute Gasteiger partial charge is 0.330 e. The van der Waals surface area contributed by atoms with Crippen LogP contribution in [-0.2, 0) is 15.1 Å². The summed E-state index contributed by atoms with van der Waals surface area (Å²) in [5, 5.41) is 15.7. The van der Waals surface area contributed by atoms with Gasteiger partial charge in [-0.05, 0) is 30.2 Å². The molecular formula is C12H16N4O3. The first-order valence-corrected chi connectivity index (χ1v) is 5.68. The van der Waals surface area contributed by atoms with Crippen LogP contribution in [0, 0.1) is 0 Å². The fourth-order valence-electron chi connectivity index (χ4n) is 1.69. The lowest BCUT2D eigenvalue weighted by Gasteiger charge is -2.28. The fraction of sp³-hybridized carbons (Fsp3) is 0.417. The van der Waals surface area contributed by atoms with Gasteiger partial charge >= 0.3 is 5.97 Å². The number of ether oxygens (including phenoxy) is 1. The standard InChI is InChI=1S/C12H16N4O3/c1-12(11(18)19-2,14-7-8-15-16-13)9-3-5-10(17)6-4-9/h3-6,14,17H,7-8H2,1-2H3. The summed E-state index contributed by atoms with van der Waals surface area (Å²) in [5.74, 6) is -0.343. The van der Waals surface area contributed by atoms with Gasteiger partial charge in [-0.3, -0.25) is 5.32 Å². The predicted octanol–water partition coefficient (Wildman–Crippen LogP) is 1.68. The van der Waals surface area contributed by atoms with E-state index < -0.39 is 11.5 Å². The Morgan fingerprint density at radius 3 is 2.68 bits per heavy atom.